The quantitative estimate of drug-likeness (QED) is 0.330. The van der Waals surface area contributed by atoms with Gasteiger partial charge in [0.05, 0.1) is 7.77 Å². The third-order valence-electron chi connectivity index (χ3n) is 0.159. The van der Waals surface area contributed by atoms with Crippen LogP contribution < -0.4 is 0 Å². The Labute approximate surface area is 41.4 Å². The highest BCUT2D eigenvalue weighted by molar-refractivity contribution is 8.63. The van der Waals surface area contributed by atoms with Crippen LogP contribution in [-0.2, 0) is 19.8 Å². The molecule has 0 bridgehead atoms. The maximum Gasteiger partial charge on any atom is 0.578 e. The van der Waals surface area contributed by atoms with E-state index in [2.05, 4.69) is 0 Å². The van der Waals surface area contributed by atoms with Crippen molar-refractivity contribution in [3.05, 3.63) is 0 Å². The number of halogens is 2. The van der Waals surface area contributed by atoms with Crippen molar-refractivity contribution in [3.8, 4) is 0 Å². The third kappa shape index (κ3) is 2.77. The highest BCUT2D eigenvalue weighted by atomic mass is 33.2. The van der Waals surface area contributed by atoms with Gasteiger partial charge in [-0.1, -0.05) is 0 Å². The maximum atomic E-state index is 10.7. The SMILES string of the molecule is O=S(=O)(O)[S+](F)F. The minimum atomic E-state index is -5.05. The predicted octanol–water partition coefficient (Wildman–Crippen LogP) is 0.177. The van der Waals surface area contributed by atoms with Gasteiger partial charge in [0.15, 0.2) is 0 Å². The van der Waals surface area contributed by atoms with E-state index in [9.17, 15) is 7.77 Å². The van der Waals surface area contributed by atoms with Crippen LogP contribution in [0.2, 0.25) is 0 Å². The molecule has 7 heavy (non-hydrogen) atoms. The predicted molar refractivity (Wildman–Crippen MR) is 21.1 cm³/mol. The summed E-state index contributed by atoms with van der Waals surface area (Å²) in [6, 6.07) is 0. The van der Waals surface area contributed by atoms with Crippen molar-refractivity contribution < 1.29 is 20.7 Å². The molecule has 0 saturated carbocycles. The van der Waals surface area contributed by atoms with Gasteiger partial charge in [-0.15, -0.1) is 8.42 Å². The average Bonchev–Trinajstić information content (AvgIpc) is 1.31. The van der Waals surface area contributed by atoms with Crippen LogP contribution >= 0.6 is 0 Å². The normalized spacial score (nSPS) is 12.6. The molecule has 0 aliphatic heterocycles. The third-order valence-corrected chi connectivity index (χ3v) is 1.43. The zero-order chi connectivity index (χ0) is 6.08. The van der Waals surface area contributed by atoms with E-state index in [1.54, 1.807) is 0 Å². The van der Waals surface area contributed by atoms with Crippen LogP contribution in [0.3, 0.4) is 0 Å². The van der Waals surface area contributed by atoms with E-state index >= 15 is 0 Å². The van der Waals surface area contributed by atoms with Crippen molar-refractivity contribution in [2.75, 3.05) is 0 Å². The smallest absolute Gasteiger partial charge is 0.241 e. The van der Waals surface area contributed by atoms with Gasteiger partial charge in [0.25, 0.3) is 0 Å². The molecule has 0 spiro atoms. The Morgan fingerprint density at radius 3 is 1.57 bits per heavy atom. The molecule has 0 amide bonds. The van der Waals surface area contributed by atoms with Crippen LogP contribution in [0.25, 0.3) is 0 Å². The molecule has 0 aliphatic rings. The first-order chi connectivity index (χ1) is 2.94. The summed E-state index contributed by atoms with van der Waals surface area (Å²) in [7, 11) is -8.95. The minimum Gasteiger partial charge on any atom is -0.241 e. The van der Waals surface area contributed by atoms with E-state index in [1.165, 1.54) is 0 Å². The second-order valence-electron chi connectivity index (χ2n) is 0.612. The fourth-order valence-corrected chi connectivity index (χ4v) is 0. The van der Waals surface area contributed by atoms with Gasteiger partial charge in [-0.25, -0.2) is 4.55 Å². The van der Waals surface area contributed by atoms with Crippen LogP contribution in [0.1, 0.15) is 0 Å². The molecule has 0 aromatic rings. The van der Waals surface area contributed by atoms with E-state index in [0.717, 1.165) is 0 Å². The Hall–Kier alpha value is 0.120. The second kappa shape index (κ2) is 1.93. The van der Waals surface area contributed by atoms with E-state index < -0.39 is 19.8 Å². The van der Waals surface area contributed by atoms with E-state index in [-0.39, 0.29) is 0 Å². The largest absolute Gasteiger partial charge is 0.578 e. The van der Waals surface area contributed by atoms with Crippen molar-refractivity contribution >= 4 is 19.8 Å². The lowest BCUT2D eigenvalue weighted by Crippen LogP contribution is -2.01. The Kier molecular flexibility index (Phi) is 1.96. The molecular weight excluding hydrogens is 150 g/mol. The van der Waals surface area contributed by atoms with Gasteiger partial charge >= 0.3 is 19.8 Å². The first-order valence-electron chi connectivity index (χ1n) is 0.991. The standard InChI is InChI=1S/F2O3S2/c1-6(2)7(3,4)5/p+1. The molecule has 0 fully saturated rings. The van der Waals surface area contributed by atoms with Crippen LogP contribution in [0.4, 0.5) is 7.77 Å². The van der Waals surface area contributed by atoms with Gasteiger partial charge < -0.3 is 0 Å². The Morgan fingerprint density at radius 1 is 1.43 bits per heavy atom. The van der Waals surface area contributed by atoms with E-state index in [0.29, 0.717) is 0 Å². The first-order valence-corrected chi connectivity index (χ1v) is 3.97. The number of hydrogen-bond acceptors (Lipinski definition) is 2. The molecule has 0 aromatic carbocycles. The number of rotatable bonds is 1. The van der Waals surface area contributed by atoms with Gasteiger partial charge in [-0.05, 0) is 0 Å². The lowest BCUT2D eigenvalue weighted by atomic mass is 15.9. The topological polar surface area (TPSA) is 54.4 Å². The van der Waals surface area contributed by atoms with Gasteiger partial charge in [-0.2, -0.15) is 0 Å². The summed E-state index contributed by atoms with van der Waals surface area (Å²) >= 11 is 0. The Morgan fingerprint density at radius 2 is 1.57 bits per heavy atom. The fraction of sp³-hybridized carbons (Fsp3) is 0. The van der Waals surface area contributed by atoms with Gasteiger partial charge in [-0.3, -0.25) is 0 Å². The molecule has 7 heteroatoms. The molecular formula is HF2O3S2+. The van der Waals surface area contributed by atoms with Gasteiger partial charge in [0.2, 0.25) is 0 Å². The summed E-state index contributed by atoms with van der Waals surface area (Å²) in [5.41, 5.74) is 0. The zero-order valence-corrected chi connectivity index (χ0v) is 4.47. The van der Waals surface area contributed by atoms with Gasteiger partial charge in [0.1, 0.15) is 0 Å². The molecule has 44 valence electrons. The fourth-order valence-electron chi connectivity index (χ4n) is 0. The molecule has 3 nitrogen and oxygen atoms in total. The highest BCUT2D eigenvalue weighted by Gasteiger charge is 2.38. The lowest BCUT2D eigenvalue weighted by Gasteiger charge is -1.69. The molecule has 0 saturated heterocycles. The molecule has 0 aromatic heterocycles. The van der Waals surface area contributed by atoms with Crippen LogP contribution in [0.5, 0.6) is 0 Å². The summed E-state index contributed by atoms with van der Waals surface area (Å²) in [5.74, 6) is 0. The van der Waals surface area contributed by atoms with Crippen LogP contribution in [-0.4, -0.2) is 13.0 Å². The monoisotopic (exact) mass is 151 g/mol. The Balaban J connectivity index is 4.10. The average molecular weight is 151 g/mol. The summed E-state index contributed by atoms with van der Waals surface area (Å²) < 4.78 is 47.1. The number of hydrogen-bond donors (Lipinski definition) is 1. The summed E-state index contributed by atoms with van der Waals surface area (Å²) in [5, 5.41) is 0. The lowest BCUT2D eigenvalue weighted by molar-refractivity contribution is 0.497. The second-order valence-corrected chi connectivity index (χ2v) is 3.86. The summed E-state index contributed by atoms with van der Waals surface area (Å²) in [6.07, 6.45) is 0. The summed E-state index contributed by atoms with van der Waals surface area (Å²) in [4.78, 5) is 0. The molecule has 0 atom stereocenters. The van der Waals surface area contributed by atoms with Crippen molar-refractivity contribution in [2.45, 2.75) is 0 Å². The highest BCUT2D eigenvalue weighted by Crippen LogP contribution is 2.05. The minimum absolute atomic E-state index is 3.91. The van der Waals surface area contributed by atoms with Crippen molar-refractivity contribution in [2.24, 2.45) is 0 Å². The molecule has 0 rings (SSSR count). The summed E-state index contributed by atoms with van der Waals surface area (Å²) in [6.45, 7) is 0. The van der Waals surface area contributed by atoms with E-state index in [4.69, 9.17) is 13.0 Å². The van der Waals surface area contributed by atoms with Crippen LogP contribution in [0, 0.1) is 0 Å². The molecule has 1 N–H and O–H groups in total. The Bertz CT molecular complexity index is 133. The molecule has 0 radical (unpaired) electrons. The van der Waals surface area contributed by atoms with Crippen molar-refractivity contribution in [1.29, 1.82) is 0 Å². The molecule has 0 unspecified atom stereocenters. The van der Waals surface area contributed by atoms with E-state index in [1.807, 2.05) is 0 Å². The van der Waals surface area contributed by atoms with Gasteiger partial charge in [0, 0.05) is 0 Å². The first kappa shape index (κ1) is 7.12. The van der Waals surface area contributed by atoms with Crippen molar-refractivity contribution in [3.63, 3.8) is 0 Å². The van der Waals surface area contributed by atoms with Crippen molar-refractivity contribution in [1.82, 2.24) is 0 Å². The molecule has 0 heterocycles. The molecule has 0 aliphatic carbocycles. The maximum absolute atomic E-state index is 10.7. The van der Waals surface area contributed by atoms with Crippen LogP contribution in [0.15, 0.2) is 0 Å². The zero-order valence-electron chi connectivity index (χ0n) is 2.84.